The minimum atomic E-state index is -0.289. The molecular formula is C18H17FN2O2S. The third-order valence-corrected chi connectivity index (χ3v) is 4.57. The Bertz CT molecular complexity index is 809. The predicted molar refractivity (Wildman–Crippen MR) is 95.0 cm³/mol. The molecule has 1 aromatic heterocycles. The Labute approximate surface area is 144 Å². The predicted octanol–water partition coefficient (Wildman–Crippen LogP) is 4.40. The molecule has 1 amide bonds. The van der Waals surface area contributed by atoms with Crippen molar-refractivity contribution in [3.8, 4) is 11.3 Å². The number of halogens is 1. The van der Waals surface area contributed by atoms with Crippen LogP contribution in [0.3, 0.4) is 0 Å². The monoisotopic (exact) mass is 344 g/mol. The first-order chi connectivity index (χ1) is 11.6. The van der Waals surface area contributed by atoms with Gasteiger partial charge in [0.1, 0.15) is 17.3 Å². The molecule has 1 aliphatic heterocycles. The van der Waals surface area contributed by atoms with Crippen LogP contribution in [0.25, 0.3) is 17.4 Å². The normalized spacial score (nSPS) is 18.1. The van der Waals surface area contributed by atoms with E-state index < -0.39 is 0 Å². The van der Waals surface area contributed by atoms with Crippen molar-refractivity contribution in [2.45, 2.75) is 13.8 Å². The van der Waals surface area contributed by atoms with Crippen molar-refractivity contribution in [1.82, 2.24) is 4.90 Å². The van der Waals surface area contributed by atoms with E-state index in [1.54, 1.807) is 29.2 Å². The molecule has 124 valence electrons. The molecular weight excluding hydrogens is 327 g/mol. The molecule has 1 fully saturated rings. The maximum atomic E-state index is 13.0. The number of likely N-dealkylation sites (N-methyl/N-ethyl adjacent to an activating group) is 1. The summed E-state index contributed by atoms with van der Waals surface area (Å²) in [7, 11) is 0. The minimum absolute atomic E-state index is 0.0607. The maximum absolute atomic E-state index is 13.0. The highest BCUT2D eigenvalue weighted by molar-refractivity contribution is 8.18. The van der Waals surface area contributed by atoms with E-state index >= 15 is 0 Å². The van der Waals surface area contributed by atoms with Crippen LogP contribution in [0, 0.1) is 5.82 Å². The van der Waals surface area contributed by atoms with Crippen LogP contribution in [-0.4, -0.2) is 29.1 Å². The zero-order valence-corrected chi connectivity index (χ0v) is 14.3. The lowest BCUT2D eigenvalue weighted by Crippen LogP contribution is -2.28. The topological polar surface area (TPSA) is 45.8 Å². The molecule has 1 saturated heterocycles. The first-order valence-corrected chi connectivity index (χ1v) is 8.55. The number of aliphatic imine (C=N–C) groups is 1. The van der Waals surface area contributed by atoms with Gasteiger partial charge in [-0.2, -0.15) is 0 Å². The Balaban J connectivity index is 1.86. The van der Waals surface area contributed by atoms with Crippen molar-refractivity contribution in [3.05, 3.63) is 52.9 Å². The number of thioether (sulfide) groups is 1. The molecule has 0 atom stereocenters. The molecule has 0 spiro atoms. The van der Waals surface area contributed by atoms with Gasteiger partial charge in [0.05, 0.1) is 4.91 Å². The number of hydrogen-bond acceptors (Lipinski definition) is 4. The number of amidine groups is 1. The fraction of sp³-hybridized carbons (Fsp3) is 0.222. The molecule has 0 bridgehead atoms. The smallest absolute Gasteiger partial charge is 0.266 e. The van der Waals surface area contributed by atoms with Crippen LogP contribution in [0.5, 0.6) is 0 Å². The highest BCUT2D eigenvalue weighted by atomic mass is 32.2. The van der Waals surface area contributed by atoms with Crippen LogP contribution in [0.4, 0.5) is 4.39 Å². The number of hydrogen-bond donors (Lipinski definition) is 0. The third kappa shape index (κ3) is 3.28. The molecule has 3 rings (SSSR count). The lowest BCUT2D eigenvalue weighted by molar-refractivity contribution is -0.122. The lowest BCUT2D eigenvalue weighted by Gasteiger charge is -2.11. The summed E-state index contributed by atoms with van der Waals surface area (Å²) >= 11 is 1.36. The number of nitrogens with zero attached hydrogens (tertiary/aromatic N) is 2. The number of carbonyl (C=O) groups is 1. The molecule has 0 aliphatic carbocycles. The second-order valence-corrected chi connectivity index (χ2v) is 6.13. The summed E-state index contributed by atoms with van der Waals surface area (Å²) in [4.78, 5) is 19.0. The summed E-state index contributed by atoms with van der Waals surface area (Å²) in [6, 6.07) is 9.70. The van der Waals surface area contributed by atoms with Gasteiger partial charge in [0.15, 0.2) is 5.17 Å². The van der Waals surface area contributed by atoms with E-state index in [-0.39, 0.29) is 11.7 Å². The summed E-state index contributed by atoms with van der Waals surface area (Å²) in [5.74, 6) is 0.864. The second kappa shape index (κ2) is 7.05. The van der Waals surface area contributed by atoms with E-state index in [1.165, 1.54) is 23.9 Å². The zero-order chi connectivity index (χ0) is 17.1. The van der Waals surface area contributed by atoms with Crippen LogP contribution >= 0.6 is 11.8 Å². The first kappa shape index (κ1) is 16.5. The number of carbonyl (C=O) groups excluding carboxylic acids is 1. The maximum Gasteiger partial charge on any atom is 0.266 e. The SMILES string of the molecule is CCN=C1S/C(=C\c2ccc(-c3ccc(F)cc3)o2)C(=O)N1CC. The quantitative estimate of drug-likeness (QED) is 0.773. The van der Waals surface area contributed by atoms with Crippen LogP contribution in [0.1, 0.15) is 19.6 Å². The van der Waals surface area contributed by atoms with Crippen molar-refractivity contribution in [2.75, 3.05) is 13.1 Å². The van der Waals surface area contributed by atoms with Crippen LogP contribution < -0.4 is 0 Å². The summed E-state index contributed by atoms with van der Waals surface area (Å²) in [6.07, 6.45) is 1.72. The van der Waals surface area contributed by atoms with E-state index in [0.717, 1.165) is 10.7 Å². The molecule has 1 aromatic carbocycles. The van der Waals surface area contributed by atoms with Gasteiger partial charge in [-0.15, -0.1) is 0 Å². The summed E-state index contributed by atoms with van der Waals surface area (Å²) in [5, 5.41) is 0.724. The van der Waals surface area contributed by atoms with E-state index in [9.17, 15) is 9.18 Å². The Kier molecular flexibility index (Phi) is 4.85. The molecule has 2 heterocycles. The molecule has 6 heteroatoms. The van der Waals surface area contributed by atoms with Crippen LogP contribution in [-0.2, 0) is 4.79 Å². The van der Waals surface area contributed by atoms with Crippen molar-refractivity contribution in [1.29, 1.82) is 0 Å². The number of amides is 1. The van der Waals surface area contributed by atoms with Gasteiger partial charge >= 0.3 is 0 Å². The Morgan fingerprint density at radius 3 is 2.62 bits per heavy atom. The van der Waals surface area contributed by atoms with Crippen LogP contribution in [0.2, 0.25) is 0 Å². The average Bonchev–Trinajstić information content (AvgIpc) is 3.14. The molecule has 0 unspecified atom stereocenters. The summed E-state index contributed by atoms with van der Waals surface area (Å²) in [5.41, 5.74) is 0.787. The number of rotatable bonds is 4. The zero-order valence-electron chi connectivity index (χ0n) is 13.5. The van der Waals surface area contributed by atoms with E-state index in [2.05, 4.69) is 4.99 Å². The summed E-state index contributed by atoms with van der Waals surface area (Å²) in [6.45, 7) is 5.08. The van der Waals surface area contributed by atoms with E-state index in [0.29, 0.717) is 29.5 Å². The first-order valence-electron chi connectivity index (χ1n) is 7.74. The van der Waals surface area contributed by atoms with Crippen molar-refractivity contribution in [3.63, 3.8) is 0 Å². The molecule has 0 saturated carbocycles. The van der Waals surface area contributed by atoms with Gasteiger partial charge < -0.3 is 4.42 Å². The van der Waals surface area contributed by atoms with Crippen molar-refractivity contribution < 1.29 is 13.6 Å². The number of furan rings is 1. The third-order valence-electron chi connectivity index (χ3n) is 3.53. The highest BCUT2D eigenvalue weighted by Crippen LogP contribution is 2.33. The van der Waals surface area contributed by atoms with Gasteiger partial charge in [0.2, 0.25) is 0 Å². The van der Waals surface area contributed by atoms with Crippen molar-refractivity contribution in [2.24, 2.45) is 4.99 Å². The Morgan fingerprint density at radius 1 is 1.21 bits per heavy atom. The summed E-state index contributed by atoms with van der Waals surface area (Å²) < 4.78 is 18.8. The fourth-order valence-electron chi connectivity index (χ4n) is 2.37. The highest BCUT2D eigenvalue weighted by Gasteiger charge is 2.32. The van der Waals surface area contributed by atoms with Gasteiger partial charge in [-0.05, 0) is 62.0 Å². The standard InChI is InChI=1S/C18H17FN2O2S/c1-3-20-18-21(4-2)17(22)16(24-18)11-14-9-10-15(23-14)12-5-7-13(19)8-6-12/h5-11H,3-4H2,1-2H3/b16-11-,20-18?. The van der Waals surface area contributed by atoms with Gasteiger partial charge in [0.25, 0.3) is 5.91 Å². The fourth-order valence-corrected chi connectivity index (χ4v) is 3.45. The molecule has 0 radical (unpaired) electrons. The van der Waals surface area contributed by atoms with Gasteiger partial charge in [0, 0.05) is 24.7 Å². The Hall–Kier alpha value is -2.34. The molecule has 1 aliphatic rings. The number of benzene rings is 1. The molecule has 2 aromatic rings. The van der Waals surface area contributed by atoms with Gasteiger partial charge in [-0.25, -0.2) is 4.39 Å². The average molecular weight is 344 g/mol. The molecule has 24 heavy (non-hydrogen) atoms. The van der Waals surface area contributed by atoms with E-state index in [4.69, 9.17) is 4.42 Å². The minimum Gasteiger partial charge on any atom is -0.457 e. The van der Waals surface area contributed by atoms with E-state index in [1.807, 2.05) is 19.9 Å². The largest absolute Gasteiger partial charge is 0.457 e. The second-order valence-electron chi connectivity index (χ2n) is 5.13. The van der Waals surface area contributed by atoms with Gasteiger partial charge in [-0.3, -0.25) is 14.7 Å². The van der Waals surface area contributed by atoms with Crippen LogP contribution in [0.15, 0.2) is 50.7 Å². The van der Waals surface area contributed by atoms with Gasteiger partial charge in [-0.1, -0.05) is 0 Å². The Morgan fingerprint density at radius 2 is 1.96 bits per heavy atom. The van der Waals surface area contributed by atoms with Crippen molar-refractivity contribution >= 4 is 28.9 Å². The lowest BCUT2D eigenvalue weighted by atomic mass is 10.2. The molecule has 0 N–H and O–H groups in total. The molecule has 4 nitrogen and oxygen atoms in total.